The van der Waals surface area contributed by atoms with Crippen LogP contribution in [-0.2, 0) is 14.8 Å². The lowest BCUT2D eigenvalue weighted by Gasteiger charge is -2.32. The van der Waals surface area contributed by atoms with Crippen molar-refractivity contribution in [2.45, 2.75) is 32.4 Å². The van der Waals surface area contributed by atoms with Crippen LogP contribution in [0.2, 0.25) is 5.02 Å². The summed E-state index contributed by atoms with van der Waals surface area (Å²) in [6.07, 6.45) is 1.39. The summed E-state index contributed by atoms with van der Waals surface area (Å²) in [5.74, 6) is -0.380. The van der Waals surface area contributed by atoms with Crippen LogP contribution in [0.4, 0.5) is 5.69 Å². The Morgan fingerprint density at radius 1 is 1.00 bits per heavy atom. The van der Waals surface area contributed by atoms with Crippen molar-refractivity contribution in [2.75, 3.05) is 10.6 Å². The lowest BCUT2D eigenvalue weighted by Crippen LogP contribution is -2.50. The van der Waals surface area contributed by atoms with Crippen LogP contribution in [0.3, 0.4) is 0 Å². The second kappa shape index (κ2) is 10.2. The molecule has 1 N–H and O–H groups in total. The van der Waals surface area contributed by atoms with Crippen molar-refractivity contribution in [3.63, 3.8) is 0 Å². The van der Waals surface area contributed by atoms with Gasteiger partial charge in [0, 0.05) is 5.02 Å². The van der Waals surface area contributed by atoms with E-state index in [4.69, 9.17) is 11.6 Å². The maximum atomic E-state index is 13.5. The van der Waals surface area contributed by atoms with Crippen molar-refractivity contribution in [3.05, 3.63) is 101 Å². The maximum absolute atomic E-state index is 13.5. The highest BCUT2D eigenvalue weighted by Crippen LogP contribution is 2.28. The number of nitrogens with zero attached hydrogens (tertiary/aromatic N) is 1. The molecule has 3 aromatic rings. The van der Waals surface area contributed by atoms with E-state index in [1.807, 2.05) is 61.5 Å². The van der Waals surface area contributed by atoms with Crippen LogP contribution in [0.25, 0.3) is 0 Å². The minimum absolute atomic E-state index is 0.292. The molecule has 0 radical (unpaired) electrons. The van der Waals surface area contributed by atoms with Crippen molar-refractivity contribution in [1.29, 1.82) is 0 Å². The van der Waals surface area contributed by atoms with Crippen molar-refractivity contribution in [2.24, 2.45) is 0 Å². The second-order valence-corrected chi connectivity index (χ2v) is 9.97. The fourth-order valence-corrected chi connectivity index (χ4v) is 5.20. The number of rotatable bonds is 8. The van der Waals surface area contributed by atoms with Crippen molar-refractivity contribution < 1.29 is 13.2 Å². The highest BCUT2D eigenvalue weighted by Gasteiger charge is 2.33. The van der Waals surface area contributed by atoms with Crippen LogP contribution >= 0.6 is 11.6 Å². The Morgan fingerprint density at radius 2 is 1.66 bits per heavy atom. The molecule has 0 heterocycles. The summed E-state index contributed by atoms with van der Waals surface area (Å²) in [5, 5.41) is 3.50. The quantitative estimate of drug-likeness (QED) is 0.498. The average molecular weight is 471 g/mol. The standard InChI is InChI=1S/C25H27ClN2O3S/c1-4-23(28(32(3,30)31)21-15-10-14-20(26)17-21)25(29)27-24(19-12-6-5-7-13-19)22-16-9-8-11-18(22)2/h5-17,23-24H,4H2,1-3H3,(H,27,29)/t23-,24+/m0/s1. The van der Waals surface area contributed by atoms with Gasteiger partial charge in [-0.25, -0.2) is 8.42 Å². The van der Waals surface area contributed by atoms with Gasteiger partial charge in [0.2, 0.25) is 15.9 Å². The lowest BCUT2D eigenvalue weighted by atomic mass is 9.94. The topological polar surface area (TPSA) is 66.5 Å². The van der Waals surface area contributed by atoms with E-state index in [-0.39, 0.29) is 5.91 Å². The Morgan fingerprint density at radius 3 is 2.25 bits per heavy atom. The predicted octanol–water partition coefficient (Wildman–Crippen LogP) is 5.10. The number of aryl methyl sites for hydroxylation is 1. The molecule has 0 saturated heterocycles. The van der Waals surface area contributed by atoms with E-state index >= 15 is 0 Å². The number of amides is 1. The number of carbonyl (C=O) groups excluding carboxylic acids is 1. The number of anilines is 1. The summed E-state index contributed by atoms with van der Waals surface area (Å²) in [5.41, 5.74) is 3.26. The molecule has 0 aliphatic rings. The molecule has 0 aliphatic carbocycles. The fourth-order valence-electron chi connectivity index (χ4n) is 3.81. The molecule has 0 bridgehead atoms. The predicted molar refractivity (Wildman–Crippen MR) is 130 cm³/mol. The number of nitrogens with one attached hydrogen (secondary N) is 1. The molecule has 0 unspecified atom stereocenters. The van der Waals surface area contributed by atoms with Crippen LogP contribution in [0, 0.1) is 6.92 Å². The maximum Gasteiger partial charge on any atom is 0.244 e. The SMILES string of the molecule is CC[C@@H](C(=O)N[C@H](c1ccccc1)c1ccccc1C)N(c1cccc(Cl)c1)S(C)(=O)=O. The molecule has 0 fully saturated rings. The van der Waals surface area contributed by atoms with Gasteiger partial charge >= 0.3 is 0 Å². The normalized spacial score (nSPS) is 13.2. The Bertz CT molecular complexity index is 1180. The van der Waals surface area contributed by atoms with Gasteiger partial charge in [0.05, 0.1) is 18.0 Å². The molecule has 3 aromatic carbocycles. The average Bonchev–Trinajstić information content (AvgIpc) is 2.76. The minimum Gasteiger partial charge on any atom is -0.343 e. The first-order chi connectivity index (χ1) is 15.2. The first-order valence-corrected chi connectivity index (χ1v) is 12.6. The largest absolute Gasteiger partial charge is 0.343 e. The van der Waals surface area contributed by atoms with E-state index < -0.39 is 22.1 Å². The first kappa shape index (κ1) is 23.8. The van der Waals surface area contributed by atoms with Crippen molar-refractivity contribution >= 4 is 33.2 Å². The molecular weight excluding hydrogens is 444 g/mol. The van der Waals surface area contributed by atoms with Gasteiger partial charge in [0.1, 0.15) is 6.04 Å². The first-order valence-electron chi connectivity index (χ1n) is 10.4. The van der Waals surface area contributed by atoms with Gasteiger partial charge in [-0.05, 0) is 48.2 Å². The van der Waals surface area contributed by atoms with Crippen LogP contribution in [0.5, 0.6) is 0 Å². The smallest absolute Gasteiger partial charge is 0.244 e. The fraction of sp³-hybridized carbons (Fsp3) is 0.240. The third-order valence-corrected chi connectivity index (χ3v) is 6.73. The van der Waals surface area contributed by atoms with Gasteiger partial charge in [-0.15, -0.1) is 0 Å². The Hall–Kier alpha value is -2.83. The zero-order valence-electron chi connectivity index (χ0n) is 18.3. The van der Waals surface area contributed by atoms with Gasteiger partial charge in [-0.3, -0.25) is 9.10 Å². The number of halogens is 1. The number of benzene rings is 3. The van der Waals surface area contributed by atoms with Crippen molar-refractivity contribution in [3.8, 4) is 0 Å². The van der Waals surface area contributed by atoms with E-state index in [2.05, 4.69) is 5.32 Å². The molecule has 0 aromatic heterocycles. The number of carbonyl (C=O) groups is 1. The van der Waals surface area contributed by atoms with Crippen LogP contribution in [0.15, 0.2) is 78.9 Å². The van der Waals surface area contributed by atoms with Gasteiger partial charge in [-0.1, -0.05) is 79.2 Å². The van der Waals surface area contributed by atoms with E-state index in [0.29, 0.717) is 17.1 Å². The molecular formula is C25H27ClN2O3S. The molecule has 3 rings (SSSR count). The molecule has 2 atom stereocenters. The zero-order chi connectivity index (χ0) is 23.3. The molecule has 5 nitrogen and oxygen atoms in total. The summed E-state index contributed by atoms with van der Waals surface area (Å²) in [6, 6.07) is 22.6. The second-order valence-electron chi connectivity index (χ2n) is 7.67. The van der Waals surface area contributed by atoms with Crippen LogP contribution < -0.4 is 9.62 Å². The summed E-state index contributed by atoms with van der Waals surface area (Å²) in [4.78, 5) is 13.5. The minimum atomic E-state index is -3.75. The van der Waals surface area contributed by atoms with Crippen LogP contribution in [0.1, 0.15) is 36.1 Å². The summed E-state index contributed by atoms with van der Waals surface area (Å²) in [6.45, 7) is 3.78. The molecule has 0 aliphatic heterocycles. The lowest BCUT2D eigenvalue weighted by molar-refractivity contribution is -0.122. The summed E-state index contributed by atoms with van der Waals surface area (Å²) in [7, 11) is -3.75. The highest BCUT2D eigenvalue weighted by molar-refractivity contribution is 7.92. The number of hydrogen-bond donors (Lipinski definition) is 1. The number of sulfonamides is 1. The van der Waals surface area contributed by atoms with E-state index in [9.17, 15) is 13.2 Å². The zero-order valence-corrected chi connectivity index (χ0v) is 19.9. The monoisotopic (exact) mass is 470 g/mol. The Balaban J connectivity index is 2.02. The van der Waals surface area contributed by atoms with Gasteiger partial charge in [0.25, 0.3) is 0 Å². The van der Waals surface area contributed by atoms with E-state index in [1.54, 1.807) is 31.2 Å². The summed E-state index contributed by atoms with van der Waals surface area (Å²) >= 11 is 6.11. The highest BCUT2D eigenvalue weighted by atomic mass is 35.5. The van der Waals surface area contributed by atoms with Gasteiger partial charge in [0.15, 0.2) is 0 Å². The molecule has 1 amide bonds. The van der Waals surface area contributed by atoms with E-state index in [0.717, 1.165) is 27.3 Å². The summed E-state index contributed by atoms with van der Waals surface area (Å²) < 4.78 is 26.6. The third-order valence-electron chi connectivity index (χ3n) is 5.31. The molecule has 168 valence electrons. The van der Waals surface area contributed by atoms with Crippen molar-refractivity contribution in [1.82, 2.24) is 5.32 Å². The van der Waals surface area contributed by atoms with Gasteiger partial charge in [-0.2, -0.15) is 0 Å². The number of hydrogen-bond acceptors (Lipinski definition) is 3. The third kappa shape index (κ3) is 5.50. The van der Waals surface area contributed by atoms with Crippen LogP contribution in [-0.4, -0.2) is 26.6 Å². The molecule has 32 heavy (non-hydrogen) atoms. The van der Waals surface area contributed by atoms with Gasteiger partial charge < -0.3 is 5.32 Å². The van der Waals surface area contributed by atoms with E-state index in [1.165, 1.54) is 0 Å². The molecule has 7 heteroatoms. The molecule has 0 spiro atoms. The Labute approximate surface area is 195 Å². The molecule has 0 saturated carbocycles. The Kier molecular flexibility index (Phi) is 7.59.